The number of aliphatic hydroxyl groups is 5. The number of hydrogen-bond acceptors (Lipinski definition) is 10. The van der Waals surface area contributed by atoms with Crippen molar-refractivity contribution in [2.75, 3.05) is 13.2 Å². The van der Waals surface area contributed by atoms with E-state index < -0.39 is 67.4 Å². The smallest absolute Gasteiger partial charge is 0.306 e. The predicted octanol–water partition coefficient (Wildman–Crippen LogP) is 16.2. The van der Waals surface area contributed by atoms with Crippen molar-refractivity contribution in [1.29, 1.82) is 0 Å². The Labute approximate surface area is 484 Å². The molecule has 1 saturated heterocycles. The topological polar surface area (TPSA) is 175 Å². The van der Waals surface area contributed by atoms with Crippen LogP contribution in [0.25, 0.3) is 0 Å². The highest BCUT2D eigenvalue weighted by Crippen LogP contribution is 2.26. The van der Waals surface area contributed by atoms with Gasteiger partial charge in [-0.2, -0.15) is 0 Å². The number of allylic oxidation sites excluding steroid dienone is 9. The first kappa shape index (κ1) is 74.4. The van der Waals surface area contributed by atoms with Gasteiger partial charge in [0.2, 0.25) is 5.91 Å². The highest BCUT2D eigenvalue weighted by atomic mass is 16.7. The van der Waals surface area contributed by atoms with Crippen molar-refractivity contribution in [2.45, 2.75) is 346 Å². The number of rotatable bonds is 56. The molecule has 0 aromatic rings. The normalized spacial score (nSPS) is 19.2. The summed E-state index contributed by atoms with van der Waals surface area (Å²) in [6.07, 6.45) is 59.7. The zero-order chi connectivity index (χ0) is 57.5. The molecule has 0 aliphatic carbocycles. The molecular formula is C68H123NO10. The van der Waals surface area contributed by atoms with Gasteiger partial charge in [0.05, 0.1) is 25.4 Å². The van der Waals surface area contributed by atoms with Crippen LogP contribution in [0.1, 0.15) is 297 Å². The van der Waals surface area contributed by atoms with Crippen LogP contribution < -0.4 is 5.32 Å². The number of nitrogens with one attached hydrogen (secondary N) is 1. The molecule has 79 heavy (non-hydrogen) atoms. The van der Waals surface area contributed by atoms with E-state index in [0.29, 0.717) is 19.3 Å². The Morgan fingerprint density at radius 2 is 0.924 bits per heavy atom. The average Bonchev–Trinajstić information content (AvgIpc) is 3.50. The van der Waals surface area contributed by atoms with Crippen LogP contribution >= 0.6 is 0 Å². The third-order valence-corrected chi connectivity index (χ3v) is 15.5. The van der Waals surface area contributed by atoms with Crippen LogP contribution in [0.15, 0.2) is 60.8 Å². The number of esters is 1. The second kappa shape index (κ2) is 55.9. The fraction of sp³-hybridized carbons (Fsp3) is 0.824. The van der Waals surface area contributed by atoms with Crippen LogP contribution in [0.5, 0.6) is 0 Å². The van der Waals surface area contributed by atoms with E-state index >= 15 is 0 Å². The van der Waals surface area contributed by atoms with Crippen LogP contribution in [0.2, 0.25) is 0 Å². The Morgan fingerprint density at radius 3 is 1.39 bits per heavy atom. The van der Waals surface area contributed by atoms with Gasteiger partial charge in [0.25, 0.3) is 0 Å². The third-order valence-electron chi connectivity index (χ3n) is 15.5. The highest BCUT2D eigenvalue weighted by molar-refractivity contribution is 5.80. The van der Waals surface area contributed by atoms with Gasteiger partial charge in [-0.3, -0.25) is 9.59 Å². The maximum absolute atomic E-state index is 13.5. The predicted molar refractivity (Wildman–Crippen MR) is 329 cm³/mol. The molecule has 1 aliphatic heterocycles. The quantitative estimate of drug-likeness (QED) is 0.0149. The molecule has 0 aromatic heterocycles. The van der Waals surface area contributed by atoms with Gasteiger partial charge in [-0.1, -0.05) is 281 Å². The number of hydrogen-bond donors (Lipinski definition) is 6. The summed E-state index contributed by atoms with van der Waals surface area (Å²) in [5.41, 5.74) is 0. The van der Waals surface area contributed by atoms with Crippen LogP contribution in [0.4, 0.5) is 0 Å². The lowest BCUT2D eigenvalue weighted by Crippen LogP contribution is -2.61. The fourth-order valence-electron chi connectivity index (χ4n) is 10.2. The van der Waals surface area contributed by atoms with Crippen molar-refractivity contribution >= 4 is 11.9 Å². The zero-order valence-electron chi connectivity index (χ0n) is 51.0. The van der Waals surface area contributed by atoms with Gasteiger partial charge in [0.1, 0.15) is 24.4 Å². The molecule has 8 unspecified atom stereocenters. The summed E-state index contributed by atoms with van der Waals surface area (Å²) in [6.45, 7) is 5.67. The molecule has 11 nitrogen and oxygen atoms in total. The fourth-order valence-corrected chi connectivity index (χ4v) is 10.2. The van der Waals surface area contributed by atoms with E-state index in [1.807, 2.05) is 12.2 Å². The highest BCUT2D eigenvalue weighted by Gasteiger charge is 2.47. The Hall–Kier alpha value is -2.64. The Morgan fingerprint density at radius 1 is 0.506 bits per heavy atom. The Balaban J connectivity index is 2.63. The second-order valence-corrected chi connectivity index (χ2v) is 22.9. The van der Waals surface area contributed by atoms with E-state index in [1.54, 1.807) is 6.08 Å². The monoisotopic (exact) mass is 1110 g/mol. The Kier molecular flexibility index (Phi) is 52.6. The molecule has 0 bridgehead atoms. The molecule has 0 saturated carbocycles. The molecule has 6 N–H and O–H groups in total. The van der Waals surface area contributed by atoms with E-state index in [4.69, 9.17) is 14.2 Å². The molecule has 1 amide bonds. The largest absolute Gasteiger partial charge is 0.454 e. The number of ether oxygens (including phenoxy) is 3. The van der Waals surface area contributed by atoms with Crippen molar-refractivity contribution in [3.63, 3.8) is 0 Å². The standard InChI is InChI=1S/C68H123NO10/c1-4-7-10-13-16-19-22-25-27-28-29-30-31-32-33-35-37-40-43-46-49-52-55-61(72)67(76)69-59(60(71)54-51-48-45-42-39-36-24-21-18-15-12-9-6-3)58-77-68-66(65(75)64(74)62(57-70)78-68)79-63(73)56-53-50-47-44-41-38-34-26-23-20-17-14-11-8-5-2/h8,11,14,17,20,23,25,27,51,54,59-62,64-66,68,70-72,74-75H,4-7,9-10,12-13,15-16,18-19,21-22,24,26,28-50,52-53,55-58H2,1-3H3,(H,69,76)/b11-8+,17-14+,23-20+,27-25+,54-51+. The second-order valence-electron chi connectivity index (χ2n) is 22.9. The Bertz CT molecular complexity index is 1510. The van der Waals surface area contributed by atoms with Gasteiger partial charge >= 0.3 is 5.97 Å². The summed E-state index contributed by atoms with van der Waals surface area (Å²) in [4.78, 5) is 26.6. The van der Waals surface area contributed by atoms with Gasteiger partial charge in [0.15, 0.2) is 12.4 Å². The van der Waals surface area contributed by atoms with Crippen LogP contribution in [-0.4, -0.2) is 99.6 Å². The number of amides is 1. The van der Waals surface area contributed by atoms with Crippen molar-refractivity contribution in [2.24, 2.45) is 0 Å². The summed E-state index contributed by atoms with van der Waals surface area (Å²) in [6, 6.07) is -1.03. The van der Waals surface area contributed by atoms with E-state index in [1.165, 1.54) is 161 Å². The first-order valence-electron chi connectivity index (χ1n) is 33.1. The lowest BCUT2D eigenvalue weighted by molar-refractivity contribution is -0.305. The number of carbonyl (C=O) groups excluding carboxylic acids is 2. The maximum Gasteiger partial charge on any atom is 0.306 e. The zero-order valence-corrected chi connectivity index (χ0v) is 51.0. The van der Waals surface area contributed by atoms with Gasteiger partial charge in [-0.25, -0.2) is 0 Å². The summed E-state index contributed by atoms with van der Waals surface area (Å²) < 4.78 is 17.6. The molecule has 0 radical (unpaired) electrons. The van der Waals surface area contributed by atoms with Crippen LogP contribution in [0, 0.1) is 0 Å². The van der Waals surface area contributed by atoms with E-state index in [0.717, 1.165) is 89.9 Å². The summed E-state index contributed by atoms with van der Waals surface area (Å²) >= 11 is 0. The lowest BCUT2D eigenvalue weighted by Gasteiger charge is -2.41. The van der Waals surface area contributed by atoms with Crippen LogP contribution in [0.3, 0.4) is 0 Å². The van der Waals surface area contributed by atoms with Crippen LogP contribution in [-0.2, 0) is 23.8 Å². The molecule has 8 atom stereocenters. The molecular weight excluding hydrogens is 991 g/mol. The maximum atomic E-state index is 13.5. The van der Waals surface area contributed by atoms with E-state index in [-0.39, 0.29) is 13.0 Å². The average molecular weight is 1110 g/mol. The molecule has 1 fully saturated rings. The van der Waals surface area contributed by atoms with E-state index in [9.17, 15) is 35.1 Å². The molecule has 0 spiro atoms. The summed E-state index contributed by atoms with van der Waals surface area (Å²) in [5, 5.41) is 57.1. The molecule has 0 aromatic carbocycles. The number of carbonyl (C=O) groups is 2. The molecule has 11 heteroatoms. The van der Waals surface area contributed by atoms with Gasteiger partial charge in [-0.05, 0) is 70.6 Å². The minimum absolute atomic E-state index is 0.110. The summed E-state index contributed by atoms with van der Waals surface area (Å²) in [7, 11) is 0. The third kappa shape index (κ3) is 43.7. The molecule has 1 rings (SSSR count). The SMILES string of the molecule is CC/C=C/C=C/C=C/CCCCCCCCCC(=O)OC1C(OCC(NC(=O)C(O)CCCCCCCCCCCCCC/C=C/CCCCCCCC)C(O)/C=C/CCCCCCCCCCCCC)OC(CO)C(O)C1O. The summed E-state index contributed by atoms with van der Waals surface area (Å²) in [5.74, 6) is -1.20. The number of aliphatic hydroxyl groups excluding tert-OH is 5. The van der Waals surface area contributed by atoms with Gasteiger partial charge < -0.3 is 45.1 Å². The minimum atomic E-state index is -1.62. The first-order valence-corrected chi connectivity index (χ1v) is 33.1. The molecule has 1 aliphatic rings. The van der Waals surface area contributed by atoms with Gasteiger partial charge in [0, 0.05) is 6.42 Å². The van der Waals surface area contributed by atoms with Crippen molar-refractivity contribution in [3.8, 4) is 0 Å². The lowest BCUT2D eigenvalue weighted by atomic mass is 9.99. The molecule has 460 valence electrons. The van der Waals surface area contributed by atoms with Gasteiger partial charge in [-0.15, -0.1) is 0 Å². The minimum Gasteiger partial charge on any atom is -0.454 e. The number of unbranched alkanes of at least 4 members (excludes halogenated alkanes) is 36. The van der Waals surface area contributed by atoms with Crippen molar-refractivity contribution in [1.82, 2.24) is 5.32 Å². The van der Waals surface area contributed by atoms with Crippen molar-refractivity contribution < 1.29 is 49.3 Å². The van der Waals surface area contributed by atoms with Crippen molar-refractivity contribution in [3.05, 3.63) is 60.8 Å². The first-order chi connectivity index (χ1) is 38.7. The van der Waals surface area contributed by atoms with E-state index in [2.05, 4.69) is 68.6 Å². The molecule has 1 heterocycles.